The summed E-state index contributed by atoms with van der Waals surface area (Å²) in [6.45, 7) is 0.185. The van der Waals surface area contributed by atoms with E-state index in [2.05, 4.69) is 0 Å². The van der Waals surface area contributed by atoms with Crippen molar-refractivity contribution >= 4 is 15.7 Å². The van der Waals surface area contributed by atoms with Gasteiger partial charge in [-0.25, -0.2) is 8.42 Å². The second-order valence-corrected chi connectivity index (χ2v) is 6.91. The van der Waals surface area contributed by atoms with Gasteiger partial charge in [0.2, 0.25) is 0 Å². The predicted molar refractivity (Wildman–Crippen MR) is 81.7 cm³/mol. The summed E-state index contributed by atoms with van der Waals surface area (Å²) in [5, 5.41) is 9.39. The number of para-hydroxylation sites is 1. The van der Waals surface area contributed by atoms with E-state index in [-0.39, 0.29) is 11.5 Å². The summed E-state index contributed by atoms with van der Waals surface area (Å²) in [6.07, 6.45) is 1.70. The zero-order valence-corrected chi connectivity index (χ0v) is 12.4. The van der Waals surface area contributed by atoms with Crippen molar-refractivity contribution in [1.82, 2.24) is 0 Å². The number of benzene rings is 2. The summed E-state index contributed by atoms with van der Waals surface area (Å²) < 4.78 is 27.3. The van der Waals surface area contributed by atoms with Crippen molar-refractivity contribution in [2.75, 3.05) is 10.8 Å². The minimum atomic E-state index is -3.64. The summed E-state index contributed by atoms with van der Waals surface area (Å²) in [7, 11) is -3.64. The Morgan fingerprint density at radius 3 is 2.57 bits per heavy atom. The quantitative estimate of drug-likeness (QED) is 0.946. The molecule has 1 aliphatic heterocycles. The largest absolute Gasteiger partial charge is 0.392 e. The van der Waals surface area contributed by atoms with Crippen LogP contribution in [0.1, 0.15) is 17.5 Å². The third kappa shape index (κ3) is 2.43. The van der Waals surface area contributed by atoms with E-state index in [1.165, 1.54) is 4.31 Å². The molecule has 1 heterocycles. The summed E-state index contributed by atoms with van der Waals surface area (Å²) in [5.74, 6) is 0. The summed E-state index contributed by atoms with van der Waals surface area (Å²) in [4.78, 5) is 0.184. The Kier molecular flexibility index (Phi) is 3.69. The maximum absolute atomic E-state index is 12.9. The number of fused-ring (bicyclic) bond motifs is 1. The molecule has 0 radical (unpaired) electrons. The summed E-state index contributed by atoms with van der Waals surface area (Å²) >= 11 is 0. The lowest BCUT2D eigenvalue weighted by atomic mass is 10.0. The fourth-order valence-electron chi connectivity index (χ4n) is 2.75. The van der Waals surface area contributed by atoms with Crippen LogP contribution in [0.2, 0.25) is 0 Å². The van der Waals surface area contributed by atoms with Gasteiger partial charge in [0.15, 0.2) is 0 Å². The van der Waals surface area contributed by atoms with Gasteiger partial charge in [0.1, 0.15) is 0 Å². The number of rotatable bonds is 3. The van der Waals surface area contributed by atoms with Crippen molar-refractivity contribution in [3.8, 4) is 0 Å². The predicted octanol–water partition coefficient (Wildman–Crippen LogP) is 2.32. The first kappa shape index (κ1) is 14.1. The van der Waals surface area contributed by atoms with Gasteiger partial charge < -0.3 is 5.11 Å². The molecule has 0 bridgehead atoms. The number of hydrogen-bond donors (Lipinski definition) is 1. The Balaban J connectivity index is 2.12. The number of sulfonamides is 1. The topological polar surface area (TPSA) is 57.6 Å². The Hall–Kier alpha value is -1.85. The van der Waals surface area contributed by atoms with E-state index in [9.17, 15) is 13.5 Å². The normalized spacial score (nSPS) is 14.8. The van der Waals surface area contributed by atoms with Gasteiger partial charge in [0, 0.05) is 6.54 Å². The van der Waals surface area contributed by atoms with Crippen LogP contribution in [0.4, 0.5) is 5.69 Å². The Morgan fingerprint density at radius 2 is 1.76 bits per heavy atom. The molecule has 0 spiro atoms. The standard InChI is InChI=1S/C16H17NO3S/c18-12-14-7-2-4-10-16(14)21(19,20)17-11-5-8-13-6-1-3-9-15(13)17/h1-4,6-7,9-10,18H,5,8,11-12H2. The fourth-order valence-corrected chi connectivity index (χ4v) is 4.51. The molecule has 0 amide bonds. The minimum absolute atomic E-state index is 0.184. The maximum atomic E-state index is 12.9. The molecule has 2 aromatic carbocycles. The number of anilines is 1. The molecule has 3 rings (SSSR count). The first-order valence-corrected chi connectivity index (χ1v) is 8.38. The molecular formula is C16H17NO3S. The molecule has 0 saturated carbocycles. The molecule has 2 aromatic rings. The Bertz CT molecular complexity index is 756. The monoisotopic (exact) mass is 303 g/mol. The molecule has 21 heavy (non-hydrogen) atoms. The van der Waals surface area contributed by atoms with Crippen LogP contribution in [0.5, 0.6) is 0 Å². The SMILES string of the molecule is O=S(=O)(c1ccccc1CO)N1CCCc2ccccc21. The smallest absolute Gasteiger partial charge is 0.264 e. The molecule has 0 fully saturated rings. The highest BCUT2D eigenvalue weighted by Crippen LogP contribution is 2.32. The van der Waals surface area contributed by atoms with Crippen LogP contribution in [0.15, 0.2) is 53.4 Å². The summed E-state index contributed by atoms with van der Waals surface area (Å²) in [5.41, 5.74) is 2.23. The zero-order chi connectivity index (χ0) is 14.9. The van der Waals surface area contributed by atoms with Crippen molar-refractivity contribution in [3.05, 3.63) is 59.7 Å². The van der Waals surface area contributed by atoms with Gasteiger partial charge in [-0.05, 0) is 36.1 Å². The van der Waals surface area contributed by atoms with E-state index in [0.29, 0.717) is 12.1 Å². The molecular weight excluding hydrogens is 286 g/mol. The van der Waals surface area contributed by atoms with Crippen LogP contribution in [0, 0.1) is 0 Å². The lowest BCUT2D eigenvalue weighted by molar-refractivity contribution is 0.278. The van der Waals surface area contributed by atoms with E-state index in [1.54, 1.807) is 24.3 Å². The number of aliphatic hydroxyl groups excluding tert-OH is 1. The molecule has 0 aromatic heterocycles. The molecule has 0 aliphatic carbocycles. The van der Waals surface area contributed by atoms with Crippen LogP contribution in [0.3, 0.4) is 0 Å². The molecule has 1 aliphatic rings. The first-order chi connectivity index (χ1) is 10.1. The van der Waals surface area contributed by atoms with Crippen molar-refractivity contribution in [2.24, 2.45) is 0 Å². The third-order valence-corrected chi connectivity index (χ3v) is 5.69. The minimum Gasteiger partial charge on any atom is -0.392 e. The average molecular weight is 303 g/mol. The Morgan fingerprint density at radius 1 is 1.05 bits per heavy atom. The van der Waals surface area contributed by atoms with Crippen LogP contribution in [0.25, 0.3) is 0 Å². The zero-order valence-electron chi connectivity index (χ0n) is 11.6. The van der Waals surface area contributed by atoms with Gasteiger partial charge in [-0.15, -0.1) is 0 Å². The number of hydrogen-bond acceptors (Lipinski definition) is 3. The highest BCUT2D eigenvalue weighted by Gasteiger charge is 2.30. The van der Waals surface area contributed by atoms with E-state index >= 15 is 0 Å². The van der Waals surface area contributed by atoms with Crippen molar-refractivity contribution in [1.29, 1.82) is 0 Å². The second-order valence-electron chi connectivity index (χ2n) is 5.08. The van der Waals surface area contributed by atoms with Gasteiger partial charge in [-0.2, -0.15) is 0 Å². The molecule has 0 atom stereocenters. The van der Waals surface area contributed by atoms with Gasteiger partial charge >= 0.3 is 0 Å². The van der Waals surface area contributed by atoms with Gasteiger partial charge in [0.25, 0.3) is 10.0 Å². The van der Waals surface area contributed by atoms with Crippen molar-refractivity contribution < 1.29 is 13.5 Å². The van der Waals surface area contributed by atoms with Crippen molar-refractivity contribution in [2.45, 2.75) is 24.3 Å². The van der Waals surface area contributed by atoms with Gasteiger partial charge in [-0.3, -0.25) is 4.31 Å². The molecule has 5 heteroatoms. The molecule has 1 N–H and O–H groups in total. The maximum Gasteiger partial charge on any atom is 0.264 e. The molecule has 110 valence electrons. The van der Waals surface area contributed by atoms with Crippen LogP contribution in [-0.2, 0) is 23.1 Å². The van der Waals surface area contributed by atoms with Crippen molar-refractivity contribution in [3.63, 3.8) is 0 Å². The lowest BCUT2D eigenvalue weighted by Gasteiger charge is -2.31. The Labute approximate surface area is 124 Å². The molecule has 0 unspecified atom stereocenters. The van der Waals surface area contributed by atoms with Gasteiger partial charge in [-0.1, -0.05) is 36.4 Å². The highest BCUT2D eigenvalue weighted by atomic mass is 32.2. The van der Waals surface area contributed by atoms with Crippen LogP contribution in [-0.4, -0.2) is 20.1 Å². The number of aliphatic hydroxyl groups is 1. The van der Waals surface area contributed by atoms with E-state index in [0.717, 1.165) is 24.1 Å². The lowest BCUT2D eigenvalue weighted by Crippen LogP contribution is -2.35. The van der Waals surface area contributed by atoms with E-state index < -0.39 is 10.0 Å². The van der Waals surface area contributed by atoms with E-state index in [4.69, 9.17) is 0 Å². The first-order valence-electron chi connectivity index (χ1n) is 6.94. The summed E-state index contributed by atoms with van der Waals surface area (Å²) in [6, 6.07) is 14.2. The second kappa shape index (κ2) is 5.50. The third-order valence-electron chi connectivity index (χ3n) is 3.78. The fraction of sp³-hybridized carbons (Fsp3) is 0.250. The number of nitrogens with zero attached hydrogens (tertiary/aromatic N) is 1. The van der Waals surface area contributed by atoms with Crippen LogP contribution >= 0.6 is 0 Å². The van der Waals surface area contributed by atoms with E-state index in [1.807, 2.05) is 24.3 Å². The number of aryl methyl sites for hydroxylation is 1. The highest BCUT2D eigenvalue weighted by molar-refractivity contribution is 7.92. The average Bonchev–Trinajstić information content (AvgIpc) is 2.54. The van der Waals surface area contributed by atoms with Gasteiger partial charge in [0.05, 0.1) is 17.2 Å². The molecule has 0 saturated heterocycles. The molecule has 4 nitrogen and oxygen atoms in total. The van der Waals surface area contributed by atoms with Crippen LogP contribution < -0.4 is 4.31 Å².